The van der Waals surface area contributed by atoms with E-state index in [2.05, 4.69) is 9.55 Å². The third-order valence-corrected chi connectivity index (χ3v) is 1.46. The van der Waals surface area contributed by atoms with Crippen molar-refractivity contribution in [1.29, 1.82) is 0 Å². The molecular formula is C9H18N2O. The van der Waals surface area contributed by atoms with Crippen LogP contribution in [0.2, 0.25) is 0 Å². The molecule has 0 unspecified atom stereocenters. The predicted molar refractivity (Wildman–Crippen MR) is 50.2 cm³/mol. The molecule has 0 fully saturated rings. The zero-order valence-corrected chi connectivity index (χ0v) is 8.37. The number of methoxy groups -OCH3 is 1. The van der Waals surface area contributed by atoms with Crippen molar-refractivity contribution in [3.05, 3.63) is 18.2 Å². The third-order valence-electron chi connectivity index (χ3n) is 1.46. The zero-order chi connectivity index (χ0) is 9.40. The largest absolute Gasteiger partial charge is 0.383 e. The van der Waals surface area contributed by atoms with Crippen LogP contribution in [0.5, 0.6) is 0 Å². The fourth-order valence-corrected chi connectivity index (χ4v) is 0.811. The number of hydrogen-bond donors (Lipinski definition) is 0. The highest BCUT2D eigenvalue weighted by Crippen LogP contribution is 1.94. The Morgan fingerprint density at radius 3 is 2.58 bits per heavy atom. The first-order valence-corrected chi connectivity index (χ1v) is 4.30. The number of nitrogens with zero attached hydrogens (tertiary/aromatic N) is 2. The van der Waals surface area contributed by atoms with Gasteiger partial charge in [-0.15, -0.1) is 0 Å². The van der Waals surface area contributed by atoms with E-state index in [1.54, 1.807) is 7.11 Å². The van der Waals surface area contributed by atoms with Crippen molar-refractivity contribution in [3.8, 4) is 0 Å². The Morgan fingerprint density at radius 1 is 1.50 bits per heavy atom. The Bertz CT molecular complexity index is 196. The molecule has 0 aliphatic carbocycles. The molecule has 70 valence electrons. The van der Waals surface area contributed by atoms with Crippen molar-refractivity contribution < 1.29 is 4.74 Å². The molecule has 0 spiro atoms. The summed E-state index contributed by atoms with van der Waals surface area (Å²) in [6.07, 6.45) is 3.66. The smallest absolute Gasteiger partial charge is 0.0948 e. The van der Waals surface area contributed by atoms with Crippen LogP contribution in [0, 0.1) is 6.92 Å². The first kappa shape index (κ1) is 11.2. The Morgan fingerprint density at radius 2 is 2.17 bits per heavy atom. The van der Waals surface area contributed by atoms with Crippen molar-refractivity contribution in [2.45, 2.75) is 27.3 Å². The Balaban J connectivity index is 0.000000561. The van der Waals surface area contributed by atoms with Crippen molar-refractivity contribution in [2.75, 3.05) is 13.7 Å². The molecule has 0 N–H and O–H groups in total. The van der Waals surface area contributed by atoms with Crippen molar-refractivity contribution in [1.82, 2.24) is 9.55 Å². The average Bonchev–Trinajstić information content (AvgIpc) is 2.51. The molecule has 1 rings (SSSR count). The van der Waals surface area contributed by atoms with E-state index in [-0.39, 0.29) is 0 Å². The van der Waals surface area contributed by atoms with E-state index in [1.165, 1.54) is 5.69 Å². The van der Waals surface area contributed by atoms with Gasteiger partial charge in [0.15, 0.2) is 0 Å². The summed E-state index contributed by atoms with van der Waals surface area (Å²) in [4.78, 5) is 3.98. The minimum absolute atomic E-state index is 0.747. The molecular weight excluding hydrogens is 152 g/mol. The van der Waals surface area contributed by atoms with Gasteiger partial charge in [0.1, 0.15) is 0 Å². The molecule has 3 heteroatoms. The lowest BCUT2D eigenvalue weighted by atomic mass is 10.5. The van der Waals surface area contributed by atoms with Gasteiger partial charge in [-0.2, -0.15) is 0 Å². The van der Waals surface area contributed by atoms with Crippen LogP contribution in [-0.2, 0) is 11.3 Å². The molecule has 0 aliphatic rings. The molecule has 1 heterocycles. The summed E-state index contributed by atoms with van der Waals surface area (Å²) in [5.41, 5.74) is 1.18. The quantitative estimate of drug-likeness (QED) is 0.692. The monoisotopic (exact) mass is 170 g/mol. The molecule has 0 atom stereocenters. The Labute approximate surface area is 74.4 Å². The Kier molecular flexibility index (Phi) is 6.38. The van der Waals surface area contributed by atoms with Gasteiger partial charge in [0.05, 0.1) is 12.9 Å². The van der Waals surface area contributed by atoms with E-state index in [0.29, 0.717) is 0 Å². The van der Waals surface area contributed by atoms with Crippen LogP contribution in [0.1, 0.15) is 19.5 Å². The molecule has 1 aromatic heterocycles. The number of imidazole rings is 1. The molecule has 12 heavy (non-hydrogen) atoms. The van der Waals surface area contributed by atoms with Gasteiger partial charge in [0.2, 0.25) is 0 Å². The molecule has 0 saturated heterocycles. The van der Waals surface area contributed by atoms with E-state index < -0.39 is 0 Å². The zero-order valence-electron chi connectivity index (χ0n) is 8.37. The highest BCUT2D eigenvalue weighted by atomic mass is 16.5. The Hall–Kier alpha value is -0.830. The van der Waals surface area contributed by atoms with Gasteiger partial charge in [-0.3, -0.25) is 0 Å². The summed E-state index contributed by atoms with van der Waals surface area (Å²) in [6.45, 7) is 7.67. The van der Waals surface area contributed by atoms with Crippen LogP contribution >= 0.6 is 0 Å². The van der Waals surface area contributed by atoms with Gasteiger partial charge in [-0.25, -0.2) is 4.98 Å². The molecule has 0 radical (unpaired) electrons. The van der Waals surface area contributed by atoms with Crippen LogP contribution < -0.4 is 0 Å². The minimum atomic E-state index is 0.747. The summed E-state index contributed by atoms with van der Waals surface area (Å²) >= 11 is 0. The van der Waals surface area contributed by atoms with Crippen molar-refractivity contribution >= 4 is 0 Å². The maximum atomic E-state index is 4.92. The summed E-state index contributed by atoms with van der Waals surface area (Å²) in [7, 11) is 1.70. The van der Waals surface area contributed by atoms with Gasteiger partial charge < -0.3 is 9.30 Å². The van der Waals surface area contributed by atoms with Crippen molar-refractivity contribution in [3.63, 3.8) is 0 Å². The van der Waals surface area contributed by atoms with E-state index in [0.717, 1.165) is 13.2 Å². The lowest BCUT2D eigenvalue weighted by molar-refractivity contribution is 0.186. The SMILES string of the molecule is CC.COCCn1cncc1C. The molecule has 0 amide bonds. The summed E-state index contributed by atoms with van der Waals surface area (Å²) in [6, 6.07) is 0. The highest BCUT2D eigenvalue weighted by molar-refractivity contribution is 4.93. The van der Waals surface area contributed by atoms with Gasteiger partial charge in [-0.05, 0) is 6.92 Å². The van der Waals surface area contributed by atoms with Gasteiger partial charge in [-0.1, -0.05) is 13.8 Å². The maximum absolute atomic E-state index is 4.92. The molecule has 0 aliphatic heterocycles. The van der Waals surface area contributed by atoms with Crippen LogP contribution in [0.3, 0.4) is 0 Å². The lowest BCUT2D eigenvalue weighted by Crippen LogP contribution is -2.03. The second-order valence-electron chi connectivity index (χ2n) is 2.22. The number of rotatable bonds is 3. The third kappa shape index (κ3) is 3.53. The summed E-state index contributed by atoms with van der Waals surface area (Å²) in [5, 5.41) is 0. The van der Waals surface area contributed by atoms with E-state index in [4.69, 9.17) is 4.74 Å². The number of hydrogen-bond acceptors (Lipinski definition) is 2. The molecule has 0 saturated carbocycles. The molecule has 0 aromatic carbocycles. The predicted octanol–water partition coefficient (Wildman–Crippen LogP) is 1.86. The standard InChI is InChI=1S/C7H12N2O.C2H6/c1-7-5-8-6-9(7)3-4-10-2;1-2/h5-6H,3-4H2,1-2H3;1-2H3. The second kappa shape index (κ2) is 6.85. The van der Waals surface area contributed by atoms with Crippen LogP contribution in [0.25, 0.3) is 0 Å². The van der Waals surface area contributed by atoms with Crippen LogP contribution in [0.15, 0.2) is 12.5 Å². The summed E-state index contributed by atoms with van der Waals surface area (Å²) in [5.74, 6) is 0. The van der Waals surface area contributed by atoms with E-state index in [1.807, 2.05) is 33.3 Å². The molecule has 3 nitrogen and oxygen atoms in total. The summed E-state index contributed by atoms with van der Waals surface area (Å²) < 4.78 is 6.98. The first-order valence-electron chi connectivity index (χ1n) is 4.30. The number of aryl methyl sites for hydroxylation is 1. The second-order valence-corrected chi connectivity index (χ2v) is 2.22. The van der Waals surface area contributed by atoms with E-state index in [9.17, 15) is 0 Å². The fraction of sp³-hybridized carbons (Fsp3) is 0.667. The van der Waals surface area contributed by atoms with Crippen molar-refractivity contribution in [2.24, 2.45) is 0 Å². The fourth-order valence-electron chi connectivity index (χ4n) is 0.811. The topological polar surface area (TPSA) is 27.1 Å². The first-order chi connectivity index (χ1) is 5.84. The van der Waals surface area contributed by atoms with Gasteiger partial charge in [0.25, 0.3) is 0 Å². The number of aromatic nitrogens is 2. The van der Waals surface area contributed by atoms with Crippen LogP contribution in [-0.4, -0.2) is 23.3 Å². The molecule has 0 bridgehead atoms. The van der Waals surface area contributed by atoms with Gasteiger partial charge >= 0.3 is 0 Å². The van der Waals surface area contributed by atoms with Crippen LogP contribution in [0.4, 0.5) is 0 Å². The molecule has 1 aromatic rings. The minimum Gasteiger partial charge on any atom is -0.383 e. The average molecular weight is 170 g/mol. The maximum Gasteiger partial charge on any atom is 0.0948 e. The van der Waals surface area contributed by atoms with Gasteiger partial charge in [0, 0.05) is 25.5 Å². The number of ether oxygens (including phenoxy) is 1. The normalized spacial score (nSPS) is 9.00. The van der Waals surface area contributed by atoms with E-state index >= 15 is 0 Å². The lowest BCUT2D eigenvalue weighted by Gasteiger charge is -2.01. The highest BCUT2D eigenvalue weighted by Gasteiger charge is 1.93.